The molecule has 3 heterocycles. The van der Waals surface area contributed by atoms with Crippen molar-refractivity contribution in [2.75, 3.05) is 25.0 Å². The number of aromatic nitrogens is 2. The van der Waals surface area contributed by atoms with Crippen LogP contribution in [-0.4, -0.2) is 69.5 Å². The zero-order chi connectivity index (χ0) is 36.8. The predicted molar refractivity (Wildman–Crippen MR) is 174 cm³/mol. The van der Waals surface area contributed by atoms with Gasteiger partial charge in [0.05, 0.1) is 29.0 Å². The fourth-order valence-electron chi connectivity index (χ4n) is 5.30. The van der Waals surface area contributed by atoms with Gasteiger partial charge in [-0.15, -0.1) is 0 Å². The van der Waals surface area contributed by atoms with E-state index in [0.29, 0.717) is 10.9 Å². The number of nitrogens with zero attached hydrogens (tertiary/aromatic N) is 2. The van der Waals surface area contributed by atoms with Gasteiger partial charge >= 0.3 is 12.2 Å². The van der Waals surface area contributed by atoms with E-state index in [4.69, 9.17) is 10.5 Å². The van der Waals surface area contributed by atoms with Crippen LogP contribution < -0.4 is 26.4 Å². The van der Waals surface area contributed by atoms with Crippen LogP contribution in [0.15, 0.2) is 54.7 Å². The second kappa shape index (κ2) is 12.8. The van der Waals surface area contributed by atoms with Crippen molar-refractivity contribution in [2.24, 2.45) is 5.73 Å². The summed E-state index contributed by atoms with van der Waals surface area (Å²) >= 11 is 0. The molecule has 0 radical (unpaired) electrons. The first-order valence-electron chi connectivity index (χ1n) is 15.2. The summed E-state index contributed by atoms with van der Waals surface area (Å²) in [5.74, 6) is -2.67. The Labute approximate surface area is 283 Å². The number of carbonyl (C=O) groups excluding carboxylic acids is 3. The number of hydrogen-bond donors (Lipinski definition) is 6. The summed E-state index contributed by atoms with van der Waals surface area (Å²) in [6.45, 7) is 4.16. The Kier molecular flexibility index (Phi) is 9.23. The number of fused-ring (bicyclic) bond motifs is 2. The van der Waals surface area contributed by atoms with Gasteiger partial charge in [-0.2, -0.15) is 13.2 Å². The molecule has 0 unspecified atom stereocenters. The quantitative estimate of drug-likeness (QED) is 0.142. The number of urea groups is 1. The standard InChI is InChI=1S/C34H34F4N6O6/c1-17-9-19-10-20(11-23(25(19)40-13-17)43-30(47)42-14-31(2,3)48)28(45)41-15-33(49,34(36,37)38)24-12-22-27(50-16-32(22,4)29(39)46)26(44-24)18-5-7-21(35)8-6-18/h5-13,48-49H,14-16H2,1-4H3,(H2,39,46)(H,41,45)(H2,42,43,47)/t32-,33+/m0/s1. The number of aryl methyl sites for hydroxylation is 1. The molecule has 2 aromatic carbocycles. The average Bonchev–Trinajstić information content (AvgIpc) is 3.39. The lowest BCUT2D eigenvalue weighted by Gasteiger charge is -2.31. The lowest BCUT2D eigenvalue weighted by molar-refractivity contribution is -0.265. The largest absolute Gasteiger partial charge is 0.489 e. The topological polar surface area (TPSA) is 189 Å². The van der Waals surface area contributed by atoms with Crippen LogP contribution in [-0.2, 0) is 15.8 Å². The van der Waals surface area contributed by atoms with Crippen molar-refractivity contribution in [3.63, 3.8) is 0 Å². The molecule has 264 valence electrons. The molecule has 1 aliphatic heterocycles. The van der Waals surface area contributed by atoms with Gasteiger partial charge in [0.2, 0.25) is 11.5 Å². The number of hydrogen-bond acceptors (Lipinski definition) is 8. The molecule has 5 rings (SSSR count). The van der Waals surface area contributed by atoms with E-state index >= 15 is 0 Å². The third-order valence-electron chi connectivity index (χ3n) is 8.24. The molecule has 0 bridgehead atoms. The van der Waals surface area contributed by atoms with E-state index in [1.54, 1.807) is 13.0 Å². The first kappa shape index (κ1) is 35.9. The third kappa shape index (κ3) is 7.02. The number of aliphatic hydroxyl groups is 2. The maximum Gasteiger partial charge on any atom is 0.424 e. The molecule has 50 heavy (non-hydrogen) atoms. The molecule has 12 nitrogen and oxygen atoms in total. The van der Waals surface area contributed by atoms with E-state index < -0.39 is 58.7 Å². The first-order valence-corrected chi connectivity index (χ1v) is 15.2. The van der Waals surface area contributed by atoms with Crippen LogP contribution in [0.3, 0.4) is 0 Å². The molecule has 7 N–H and O–H groups in total. The minimum absolute atomic E-state index is 0.0435. The molecule has 2 aromatic heterocycles. The van der Waals surface area contributed by atoms with Crippen molar-refractivity contribution < 1.29 is 46.9 Å². The highest BCUT2D eigenvalue weighted by Gasteiger charge is 2.57. The number of amides is 4. The Balaban J connectivity index is 1.53. The van der Waals surface area contributed by atoms with Gasteiger partial charge in [0.15, 0.2) is 0 Å². The number of halogens is 4. The third-order valence-corrected chi connectivity index (χ3v) is 8.24. The molecule has 0 saturated heterocycles. The van der Waals surface area contributed by atoms with Gasteiger partial charge < -0.3 is 36.6 Å². The van der Waals surface area contributed by atoms with Crippen molar-refractivity contribution in [1.82, 2.24) is 20.6 Å². The van der Waals surface area contributed by atoms with E-state index in [0.717, 1.165) is 18.2 Å². The summed E-state index contributed by atoms with van der Waals surface area (Å²) in [5, 5.41) is 28.8. The molecule has 1 aliphatic rings. The summed E-state index contributed by atoms with van der Waals surface area (Å²) < 4.78 is 64.0. The smallest absolute Gasteiger partial charge is 0.424 e. The number of primary amides is 1. The van der Waals surface area contributed by atoms with E-state index in [1.165, 1.54) is 51.2 Å². The lowest BCUT2D eigenvalue weighted by atomic mass is 9.81. The number of benzene rings is 2. The van der Waals surface area contributed by atoms with Gasteiger partial charge in [0, 0.05) is 34.8 Å². The SMILES string of the molecule is Cc1cnc2c(NC(=O)NCC(C)(C)O)cc(C(=O)NC[C@@](O)(c3cc4c(c(-c5ccc(F)cc5)n3)OC[C@]4(C)C(N)=O)C(F)(F)F)cc2c1. The summed E-state index contributed by atoms with van der Waals surface area (Å²) in [6.07, 6.45) is -3.91. The molecule has 0 saturated carbocycles. The summed E-state index contributed by atoms with van der Waals surface area (Å²) in [7, 11) is 0. The number of carbonyl (C=O) groups is 3. The fourth-order valence-corrected chi connectivity index (χ4v) is 5.30. The number of pyridine rings is 2. The number of alkyl halides is 3. The maximum atomic E-state index is 14.9. The highest BCUT2D eigenvalue weighted by molar-refractivity contribution is 6.05. The lowest BCUT2D eigenvalue weighted by Crippen LogP contribution is -2.51. The van der Waals surface area contributed by atoms with Crippen LogP contribution in [0.25, 0.3) is 22.2 Å². The first-order chi connectivity index (χ1) is 23.2. The monoisotopic (exact) mass is 698 g/mol. The van der Waals surface area contributed by atoms with Crippen LogP contribution in [0, 0.1) is 12.7 Å². The van der Waals surface area contributed by atoms with Crippen LogP contribution in [0.4, 0.5) is 28.0 Å². The Morgan fingerprint density at radius 2 is 1.70 bits per heavy atom. The van der Waals surface area contributed by atoms with Gasteiger partial charge in [-0.1, -0.05) is 0 Å². The van der Waals surface area contributed by atoms with E-state index in [9.17, 15) is 42.2 Å². The highest BCUT2D eigenvalue weighted by atomic mass is 19.4. The Morgan fingerprint density at radius 3 is 2.32 bits per heavy atom. The molecular formula is C34H34F4N6O6. The normalized spacial score (nSPS) is 17.0. The predicted octanol–water partition coefficient (Wildman–Crippen LogP) is 3.95. The summed E-state index contributed by atoms with van der Waals surface area (Å²) in [5.41, 5.74) is -1.39. The molecule has 16 heteroatoms. The number of ether oxygens (including phenoxy) is 1. The van der Waals surface area contributed by atoms with Gasteiger partial charge in [-0.05, 0) is 81.8 Å². The van der Waals surface area contributed by atoms with Crippen LogP contribution in [0.2, 0.25) is 0 Å². The van der Waals surface area contributed by atoms with Crippen molar-refractivity contribution >= 4 is 34.4 Å². The second-order valence-electron chi connectivity index (χ2n) is 13.0. The minimum atomic E-state index is -5.43. The van der Waals surface area contributed by atoms with E-state index in [1.807, 2.05) is 0 Å². The van der Waals surface area contributed by atoms with Gasteiger partial charge in [0.1, 0.15) is 29.3 Å². The molecule has 0 spiro atoms. The molecular weight excluding hydrogens is 664 g/mol. The molecule has 2 atom stereocenters. The zero-order valence-electron chi connectivity index (χ0n) is 27.3. The Hall–Kier alpha value is -5.35. The van der Waals surface area contributed by atoms with E-state index in [2.05, 4.69) is 25.9 Å². The van der Waals surface area contributed by atoms with Crippen molar-refractivity contribution in [2.45, 2.75) is 50.5 Å². The van der Waals surface area contributed by atoms with Crippen LogP contribution in [0.5, 0.6) is 5.75 Å². The molecule has 4 amide bonds. The van der Waals surface area contributed by atoms with Crippen LogP contribution in [0.1, 0.15) is 48.0 Å². The molecule has 0 aliphatic carbocycles. The fraction of sp³-hybridized carbons (Fsp3) is 0.324. The van der Waals surface area contributed by atoms with Gasteiger partial charge in [-0.3, -0.25) is 14.6 Å². The Morgan fingerprint density at radius 1 is 1.02 bits per heavy atom. The number of nitrogens with two attached hydrogens (primary N) is 1. The molecule has 0 fully saturated rings. The zero-order valence-corrected chi connectivity index (χ0v) is 27.3. The highest BCUT2D eigenvalue weighted by Crippen LogP contribution is 2.47. The van der Waals surface area contributed by atoms with Crippen molar-refractivity contribution in [1.29, 1.82) is 0 Å². The second-order valence-corrected chi connectivity index (χ2v) is 13.0. The van der Waals surface area contributed by atoms with Crippen molar-refractivity contribution in [3.8, 4) is 17.0 Å². The average molecular weight is 699 g/mol. The Bertz CT molecular complexity index is 2000. The van der Waals surface area contributed by atoms with Crippen LogP contribution >= 0.6 is 0 Å². The van der Waals surface area contributed by atoms with E-state index in [-0.39, 0.29) is 52.5 Å². The minimum Gasteiger partial charge on any atom is -0.489 e. The number of anilines is 1. The summed E-state index contributed by atoms with van der Waals surface area (Å²) in [6, 6.07) is 8.90. The van der Waals surface area contributed by atoms with Crippen molar-refractivity contribution in [3.05, 3.63) is 82.9 Å². The van der Waals surface area contributed by atoms with Gasteiger partial charge in [-0.25, -0.2) is 14.2 Å². The van der Waals surface area contributed by atoms with Gasteiger partial charge in [0.25, 0.3) is 5.91 Å². The maximum absolute atomic E-state index is 14.9. The summed E-state index contributed by atoms with van der Waals surface area (Å²) in [4.78, 5) is 46.9. The number of nitrogens with one attached hydrogen (secondary N) is 3. The number of rotatable bonds is 9. The molecule has 4 aromatic rings.